The van der Waals surface area contributed by atoms with E-state index < -0.39 is 0 Å². The molecule has 1 nitrogen and oxygen atoms in total. The standard InChI is InChI=1S/C16H30O/c1-3-5-7-9-11-15-13-14-16(17-15)12-10-8-6-4-2/h13-16H,3-12H2,1-2H3. The highest BCUT2D eigenvalue weighted by molar-refractivity contribution is 5.01. The van der Waals surface area contributed by atoms with Gasteiger partial charge in [-0.05, 0) is 12.8 Å². The monoisotopic (exact) mass is 238 g/mol. The fraction of sp³-hybridized carbons (Fsp3) is 0.875. The number of hydrogen-bond donors (Lipinski definition) is 0. The summed E-state index contributed by atoms with van der Waals surface area (Å²) in [6.45, 7) is 4.52. The predicted molar refractivity (Wildman–Crippen MR) is 75.3 cm³/mol. The van der Waals surface area contributed by atoms with Crippen molar-refractivity contribution < 1.29 is 4.74 Å². The summed E-state index contributed by atoms with van der Waals surface area (Å²) in [5.74, 6) is 0. The highest BCUT2D eigenvalue weighted by Crippen LogP contribution is 2.21. The maximum atomic E-state index is 6.01. The van der Waals surface area contributed by atoms with Crippen LogP contribution in [0, 0.1) is 0 Å². The Labute approximate surface area is 108 Å². The molecule has 0 radical (unpaired) electrons. The van der Waals surface area contributed by atoms with Crippen LogP contribution in [-0.4, -0.2) is 12.2 Å². The van der Waals surface area contributed by atoms with E-state index >= 15 is 0 Å². The van der Waals surface area contributed by atoms with Crippen LogP contribution in [0.3, 0.4) is 0 Å². The second kappa shape index (κ2) is 9.70. The lowest BCUT2D eigenvalue weighted by Crippen LogP contribution is -2.12. The van der Waals surface area contributed by atoms with E-state index in [1.54, 1.807) is 0 Å². The quantitative estimate of drug-likeness (QED) is 0.373. The normalized spacial score (nSPS) is 23.4. The van der Waals surface area contributed by atoms with E-state index in [0.717, 1.165) is 0 Å². The van der Waals surface area contributed by atoms with Gasteiger partial charge in [-0.3, -0.25) is 0 Å². The number of rotatable bonds is 10. The fourth-order valence-corrected chi connectivity index (χ4v) is 2.44. The Bertz CT molecular complexity index is 178. The van der Waals surface area contributed by atoms with Crippen molar-refractivity contribution in [1.82, 2.24) is 0 Å². The summed E-state index contributed by atoms with van der Waals surface area (Å²) >= 11 is 0. The molecule has 0 saturated heterocycles. The molecule has 0 aromatic carbocycles. The molecule has 0 aromatic rings. The molecule has 0 spiro atoms. The lowest BCUT2D eigenvalue weighted by atomic mass is 10.1. The average Bonchev–Trinajstić information content (AvgIpc) is 2.78. The summed E-state index contributed by atoms with van der Waals surface area (Å²) in [5, 5.41) is 0. The van der Waals surface area contributed by atoms with E-state index in [2.05, 4.69) is 26.0 Å². The Morgan fingerprint density at radius 2 is 1.18 bits per heavy atom. The molecule has 1 aliphatic heterocycles. The molecule has 0 aromatic heterocycles. The van der Waals surface area contributed by atoms with Crippen LogP contribution in [0.5, 0.6) is 0 Å². The molecule has 0 saturated carbocycles. The van der Waals surface area contributed by atoms with Crippen LogP contribution in [0.4, 0.5) is 0 Å². The van der Waals surface area contributed by atoms with Crippen molar-refractivity contribution in [1.29, 1.82) is 0 Å². The smallest absolute Gasteiger partial charge is 0.0764 e. The first-order valence-corrected chi connectivity index (χ1v) is 7.70. The third kappa shape index (κ3) is 6.88. The van der Waals surface area contributed by atoms with E-state index in [1.807, 2.05) is 0 Å². The van der Waals surface area contributed by atoms with Gasteiger partial charge in [-0.1, -0.05) is 77.4 Å². The number of ether oxygens (including phenoxy) is 1. The van der Waals surface area contributed by atoms with Gasteiger partial charge in [0.2, 0.25) is 0 Å². The Hall–Kier alpha value is -0.300. The number of hydrogen-bond acceptors (Lipinski definition) is 1. The lowest BCUT2D eigenvalue weighted by molar-refractivity contribution is 0.0487. The van der Waals surface area contributed by atoms with Gasteiger partial charge in [-0.15, -0.1) is 0 Å². The molecule has 100 valence electrons. The van der Waals surface area contributed by atoms with Crippen LogP contribution < -0.4 is 0 Å². The first-order valence-electron chi connectivity index (χ1n) is 7.70. The predicted octanol–water partition coefficient (Wildman–Crippen LogP) is 5.25. The summed E-state index contributed by atoms with van der Waals surface area (Å²) in [6.07, 6.45) is 18.6. The van der Waals surface area contributed by atoms with E-state index in [0.29, 0.717) is 12.2 Å². The van der Waals surface area contributed by atoms with Gasteiger partial charge in [0.15, 0.2) is 0 Å². The fourth-order valence-electron chi connectivity index (χ4n) is 2.44. The highest BCUT2D eigenvalue weighted by atomic mass is 16.5. The van der Waals surface area contributed by atoms with Crippen LogP contribution in [0.25, 0.3) is 0 Å². The zero-order valence-electron chi connectivity index (χ0n) is 11.8. The zero-order chi connectivity index (χ0) is 12.3. The second-order valence-corrected chi connectivity index (χ2v) is 5.30. The molecular formula is C16H30O. The minimum absolute atomic E-state index is 0.419. The Morgan fingerprint density at radius 1 is 0.706 bits per heavy atom. The molecule has 2 unspecified atom stereocenters. The van der Waals surface area contributed by atoms with Gasteiger partial charge >= 0.3 is 0 Å². The van der Waals surface area contributed by atoms with Crippen molar-refractivity contribution in [2.45, 2.75) is 90.3 Å². The van der Waals surface area contributed by atoms with Gasteiger partial charge < -0.3 is 4.74 Å². The van der Waals surface area contributed by atoms with Gasteiger partial charge in [0.1, 0.15) is 0 Å². The second-order valence-electron chi connectivity index (χ2n) is 5.30. The molecule has 1 rings (SSSR count). The van der Waals surface area contributed by atoms with E-state index in [-0.39, 0.29) is 0 Å². The molecule has 1 heteroatoms. The van der Waals surface area contributed by atoms with Crippen molar-refractivity contribution >= 4 is 0 Å². The number of unbranched alkanes of at least 4 members (excludes halogenated alkanes) is 6. The highest BCUT2D eigenvalue weighted by Gasteiger charge is 2.17. The summed E-state index contributed by atoms with van der Waals surface area (Å²) in [6, 6.07) is 0. The van der Waals surface area contributed by atoms with Crippen molar-refractivity contribution in [2.75, 3.05) is 0 Å². The summed E-state index contributed by atoms with van der Waals surface area (Å²) in [7, 11) is 0. The van der Waals surface area contributed by atoms with Crippen LogP contribution in [0.2, 0.25) is 0 Å². The van der Waals surface area contributed by atoms with Gasteiger partial charge in [-0.25, -0.2) is 0 Å². The lowest BCUT2D eigenvalue weighted by Gasteiger charge is -2.13. The van der Waals surface area contributed by atoms with Crippen LogP contribution in [0.1, 0.15) is 78.1 Å². The molecule has 0 fully saturated rings. The van der Waals surface area contributed by atoms with Crippen molar-refractivity contribution in [3.8, 4) is 0 Å². The SMILES string of the molecule is CCCCCCC1C=CC(CCCCCC)O1. The molecular weight excluding hydrogens is 208 g/mol. The van der Waals surface area contributed by atoms with Crippen molar-refractivity contribution in [2.24, 2.45) is 0 Å². The van der Waals surface area contributed by atoms with E-state index in [9.17, 15) is 0 Å². The maximum Gasteiger partial charge on any atom is 0.0764 e. The topological polar surface area (TPSA) is 9.23 Å². The Kier molecular flexibility index (Phi) is 8.42. The van der Waals surface area contributed by atoms with Crippen molar-refractivity contribution in [3.63, 3.8) is 0 Å². The molecule has 0 N–H and O–H groups in total. The van der Waals surface area contributed by atoms with Crippen LogP contribution in [-0.2, 0) is 4.74 Å². The average molecular weight is 238 g/mol. The molecule has 0 aliphatic carbocycles. The van der Waals surface area contributed by atoms with E-state index in [1.165, 1.54) is 64.2 Å². The van der Waals surface area contributed by atoms with Gasteiger partial charge in [0.25, 0.3) is 0 Å². The van der Waals surface area contributed by atoms with Gasteiger partial charge in [0, 0.05) is 0 Å². The Balaban J connectivity index is 1.97. The molecule has 1 aliphatic rings. The summed E-state index contributed by atoms with van der Waals surface area (Å²) in [5.41, 5.74) is 0. The van der Waals surface area contributed by atoms with Crippen LogP contribution >= 0.6 is 0 Å². The molecule has 17 heavy (non-hydrogen) atoms. The van der Waals surface area contributed by atoms with E-state index in [4.69, 9.17) is 4.74 Å². The van der Waals surface area contributed by atoms with Gasteiger partial charge in [-0.2, -0.15) is 0 Å². The van der Waals surface area contributed by atoms with Gasteiger partial charge in [0.05, 0.1) is 12.2 Å². The maximum absolute atomic E-state index is 6.01. The third-order valence-electron chi connectivity index (χ3n) is 3.57. The molecule has 2 atom stereocenters. The summed E-state index contributed by atoms with van der Waals surface area (Å²) < 4.78 is 6.01. The zero-order valence-corrected chi connectivity index (χ0v) is 11.8. The summed E-state index contributed by atoms with van der Waals surface area (Å²) in [4.78, 5) is 0. The minimum atomic E-state index is 0.419. The minimum Gasteiger partial charge on any atom is -0.367 e. The first kappa shape index (κ1) is 14.8. The molecule has 0 amide bonds. The van der Waals surface area contributed by atoms with Crippen LogP contribution in [0.15, 0.2) is 12.2 Å². The largest absolute Gasteiger partial charge is 0.367 e. The van der Waals surface area contributed by atoms with Crippen molar-refractivity contribution in [3.05, 3.63) is 12.2 Å². The first-order chi connectivity index (χ1) is 8.36. The molecule has 1 heterocycles. The third-order valence-corrected chi connectivity index (χ3v) is 3.57. The Morgan fingerprint density at radius 3 is 1.59 bits per heavy atom. The molecule has 0 bridgehead atoms.